The maximum absolute atomic E-state index is 10.8. The predicted octanol–water partition coefficient (Wildman–Crippen LogP) is 4.12. The Morgan fingerprint density at radius 1 is 0.778 bits per heavy atom. The van der Waals surface area contributed by atoms with E-state index in [0.29, 0.717) is 6.42 Å². The average Bonchev–Trinajstić information content (AvgIpc) is 2.36. The van der Waals surface area contributed by atoms with Crippen molar-refractivity contribution in [1.29, 1.82) is 0 Å². The highest BCUT2D eigenvalue weighted by Crippen LogP contribution is 2.11. The third-order valence-corrected chi connectivity index (χ3v) is 4.13. The molecular formula is C13H28O4S. The molecular weight excluding hydrogens is 252 g/mol. The lowest BCUT2D eigenvalue weighted by atomic mass is 10.1. The lowest BCUT2D eigenvalue weighted by Gasteiger charge is -2.02. The summed E-state index contributed by atoms with van der Waals surface area (Å²) in [7, 11) is -3.67. The minimum atomic E-state index is -3.67. The molecule has 0 spiro atoms. The van der Waals surface area contributed by atoms with Crippen LogP contribution in [0, 0.1) is 0 Å². The Balaban J connectivity index is 3.12. The summed E-state index contributed by atoms with van der Waals surface area (Å²) >= 11 is 0. The third-order valence-electron chi connectivity index (χ3n) is 3.11. The largest absolute Gasteiger partial charge is 0.293 e. The topological polar surface area (TPSA) is 63.6 Å². The molecule has 5 heteroatoms. The van der Waals surface area contributed by atoms with Crippen molar-refractivity contribution in [2.24, 2.45) is 0 Å². The van der Waals surface area contributed by atoms with Gasteiger partial charge in [0.1, 0.15) is 0 Å². The summed E-state index contributed by atoms with van der Waals surface area (Å²) in [5.41, 5.74) is 0. The number of hydrogen-bond donors (Lipinski definition) is 1. The summed E-state index contributed by atoms with van der Waals surface area (Å²) in [5, 5.41) is 8.07. The molecule has 0 unspecified atom stereocenters. The zero-order valence-electron chi connectivity index (χ0n) is 11.6. The Morgan fingerprint density at radius 2 is 1.17 bits per heavy atom. The molecule has 0 aromatic heterocycles. The first-order chi connectivity index (χ1) is 8.62. The summed E-state index contributed by atoms with van der Waals surface area (Å²) in [6.45, 7) is 2.22. The second-order valence-corrected chi connectivity index (χ2v) is 6.54. The normalized spacial score (nSPS) is 11.9. The lowest BCUT2D eigenvalue weighted by Crippen LogP contribution is -2.07. The smallest absolute Gasteiger partial charge is 0.235 e. The zero-order valence-corrected chi connectivity index (χ0v) is 12.4. The van der Waals surface area contributed by atoms with Crippen LogP contribution < -0.4 is 0 Å². The summed E-state index contributed by atoms with van der Waals surface area (Å²) in [6, 6.07) is 0. The fraction of sp³-hybridized carbons (Fsp3) is 1.00. The van der Waals surface area contributed by atoms with Gasteiger partial charge in [0.15, 0.2) is 0 Å². The molecule has 0 atom stereocenters. The average molecular weight is 280 g/mol. The number of hydrogen-bond acceptors (Lipinski definition) is 4. The van der Waals surface area contributed by atoms with E-state index in [-0.39, 0.29) is 5.75 Å². The summed E-state index contributed by atoms with van der Waals surface area (Å²) < 4.78 is 25.0. The van der Waals surface area contributed by atoms with E-state index >= 15 is 0 Å². The lowest BCUT2D eigenvalue weighted by molar-refractivity contribution is -0.130. The van der Waals surface area contributed by atoms with Crippen LogP contribution in [0.25, 0.3) is 0 Å². The van der Waals surface area contributed by atoms with E-state index in [9.17, 15) is 8.42 Å². The molecule has 0 radical (unpaired) electrons. The van der Waals surface area contributed by atoms with Crippen LogP contribution in [0.15, 0.2) is 0 Å². The Hall–Kier alpha value is -0.130. The van der Waals surface area contributed by atoms with Gasteiger partial charge in [-0.3, -0.25) is 0 Å². The minimum Gasteiger partial charge on any atom is -0.235 e. The highest BCUT2D eigenvalue weighted by molar-refractivity contribution is 7.86. The van der Waals surface area contributed by atoms with Crippen molar-refractivity contribution in [1.82, 2.24) is 0 Å². The van der Waals surface area contributed by atoms with Gasteiger partial charge < -0.3 is 0 Å². The monoisotopic (exact) mass is 280 g/mol. The van der Waals surface area contributed by atoms with Crippen molar-refractivity contribution >= 4 is 10.1 Å². The van der Waals surface area contributed by atoms with E-state index in [1.165, 1.54) is 51.4 Å². The first-order valence-corrected chi connectivity index (χ1v) is 8.76. The fourth-order valence-electron chi connectivity index (χ4n) is 1.98. The zero-order chi connectivity index (χ0) is 13.7. The molecule has 1 N–H and O–H groups in total. The molecule has 0 aliphatic rings. The first-order valence-electron chi connectivity index (χ1n) is 7.18. The predicted molar refractivity (Wildman–Crippen MR) is 74.0 cm³/mol. The Bertz CT molecular complexity index is 262. The van der Waals surface area contributed by atoms with Gasteiger partial charge in [-0.05, 0) is 6.42 Å². The van der Waals surface area contributed by atoms with Gasteiger partial charge in [-0.25, -0.2) is 5.26 Å². The molecule has 18 heavy (non-hydrogen) atoms. The van der Waals surface area contributed by atoms with Crippen LogP contribution in [0.1, 0.15) is 77.6 Å². The van der Waals surface area contributed by atoms with Gasteiger partial charge in [0, 0.05) is 0 Å². The molecule has 0 bridgehead atoms. The van der Waals surface area contributed by atoms with Crippen LogP contribution >= 0.6 is 0 Å². The summed E-state index contributed by atoms with van der Waals surface area (Å²) in [4.78, 5) is 0. The number of unbranched alkanes of at least 4 members (excludes halogenated alkanes) is 10. The highest BCUT2D eigenvalue weighted by atomic mass is 32.2. The van der Waals surface area contributed by atoms with Gasteiger partial charge in [0.05, 0.1) is 5.75 Å². The molecule has 4 nitrogen and oxygen atoms in total. The molecule has 0 rings (SSSR count). The van der Waals surface area contributed by atoms with E-state index < -0.39 is 10.1 Å². The van der Waals surface area contributed by atoms with E-state index in [1.54, 1.807) is 0 Å². The van der Waals surface area contributed by atoms with Gasteiger partial charge in [0.25, 0.3) is 10.1 Å². The van der Waals surface area contributed by atoms with Crippen molar-refractivity contribution in [2.75, 3.05) is 5.75 Å². The van der Waals surface area contributed by atoms with Crippen molar-refractivity contribution in [3.63, 3.8) is 0 Å². The van der Waals surface area contributed by atoms with Gasteiger partial charge in [0.2, 0.25) is 0 Å². The molecule has 0 aromatic carbocycles. The molecule has 0 aromatic rings. The second-order valence-electron chi connectivity index (χ2n) is 4.87. The van der Waals surface area contributed by atoms with Crippen molar-refractivity contribution in [3.05, 3.63) is 0 Å². The maximum atomic E-state index is 10.8. The Morgan fingerprint density at radius 3 is 1.56 bits per heavy atom. The van der Waals surface area contributed by atoms with Crippen LogP contribution in [0.2, 0.25) is 0 Å². The van der Waals surface area contributed by atoms with Gasteiger partial charge in [-0.2, -0.15) is 8.42 Å². The van der Waals surface area contributed by atoms with Crippen LogP contribution in [0.4, 0.5) is 0 Å². The standard InChI is InChI=1S/C13H28O4S/c1-2-3-4-5-6-7-8-9-10-11-12-13-18(15,16)17-14/h14H,2-13H2,1H3. The van der Waals surface area contributed by atoms with Crippen molar-refractivity contribution < 1.29 is 18.0 Å². The first kappa shape index (κ1) is 17.9. The highest BCUT2D eigenvalue weighted by Gasteiger charge is 2.08. The Labute approximate surface area is 112 Å². The summed E-state index contributed by atoms with van der Waals surface area (Å²) in [6.07, 6.45) is 12.9. The van der Waals surface area contributed by atoms with E-state index in [4.69, 9.17) is 5.26 Å². The van der Waals surface area contributed by atoms with Crippen molar-refractivity contribution in [2.45, 2.75) is 77.6 Å². The van der Waals surface area contributed by atoms with E-state index in [0.717, 1.165) is 12.8 Å². The quantitative estimate of drug-likeness (QED) is 0.313. The molecule has 0 heterocycles. The molecule has 110 valence electrons. The molecule has 0 amide bonds. The van der Waals surface area contributed by atoms with Crippen LogP contribution in [0.3, 0.4) is 0 Å². The maximum Gasteiger partial charge on any atom is 0.293 e. The van der Waals surface area contributed by atoms with Crippen LogP contribution in [-0.2, 0) is 14.5 Å². The van der Waals surface area contributed by atoms with Gasteiger partial charge >= 0.3 is 0 Å². The molecule has 0 aliphatic carbocycles. The minimum absolute atomic E-state index is 0.0828. The summed E-state index contributed by atoms with van der Waals surface area (Å²) in [5.74, 6) is -0.0828. The van der Waals surface area contributed by atoms with Crippen molar-refractivity contribution in [3.8, 4) is 0 Å². The molecule has 0 fully saturated rings. The Kier molecular flexibility index (Phi) is 11.8. The SMILES string of the molecule is CCCCCCCCCCCCCS(=O)(=O)OO. The molecule has 0 saturated heterocycles. The van der Waals surface area contributed by atoms with Crippen LogP contribution in [-0.4, -0.2) is 19.4 Å². The third kappa shape index (κ3) is 12.3. The second kappa shape index (κ2) is 11.9. The number of rotatable bonds is 13. The van der Waals surface area contributed by atoms with E-state index in [1.807, 2.05) is 0 Å². The molecule has 0 aliphatic heterocycles. The fourth-order valence-corrected chi connectivity index (χ4v) is 2.61. The molecule has 0 saturated carbocycles. The van der Waals surface area contributed by atoms with Gasteiger partial charge in [-0.15, -0.1) is 4.33 Å². The van der Waals surface area contributed by atoms with Crippen LogP contribution in [0.5, 0.6) is 0 Å². The van der Waals surface area contributed by atoms with E-state index in [2.05, 4.69) is 11.3 Å². The van der Waals surface area contributed by atoms with Gasteiger partial charge in [-0.1, -0.05) is 71.1 Å².